The van der Waals surface area contributed by atoms with Crippen molar-refractivity contribution < 1.29 is 4.79 Å². The minimum Gasteiger partial charge on any atom is -0.307 e. The van der Waals surface area contributed by atoms with E-state index in [1.165, 1.54) is 11.1 Å². The molecule has 2 heteroatoms. The summed E-state index contributed by atoms with van der Waals surface area (Å²) in [7, 11) is 0. The molecule has 80 valence electrons. The van der Waals surface area contributed by atoms with Gasteiger partial charge in [-0.25, -0.2) is 0 Å². The third kappa shape index (κ3) is 1.54. The Kier molecular flexibility index (Phi) is 2.10. The molecule has 0 unspecified atom stereocenters. The molecule has 2 rings (SSSR count). The maximum Gasteiger partial charge on any atom is 0.224 e. The average Bonchev–Trinajstić information content (AvgIpc) is 2.33. The summed E-state index contributed by atoms with van der Waals surface area (Å²) in [6, 6.07) is 6.30. The second-order valence-corrected chi connectivity index (χ2v) is 4.98. The molecule has 2 nitrogen and oxygen atoms in total. The van der Waals surface area contributed by atoms with Crippen molar-refractivity contribution in [1.82, 2.24) is 0 Å². The van der Waals surface area contributed by atoms with Gasteiger partial charge in [0.2, 0.25) is 5.91 Å². The van der Waals surface area contributed by atoms with Gasteiger partial charge in [-0.3, -0.25) is 4.79 Å². The molecule has 1 aliphatic rings. The van der Waals surface area contributed by atoms with Crippen LogP contribution in [0.2, 0.25) is 0 Å². The maximum atomic E-state index is 11.6. The van der Waals surface area contributed by atoms with Crippen LogP contribution in [0.4, 0.5) is 5.69 Å². The van der Waals surface area contributed by atoms with E-state index in [-0.39, 0.29) is 11.4 Å². The zero-order valence-electron chi connectivity index (χ0n) is 9.79. The van der Waals surface area contributed by atoms with Crippen LogP contribution in [0.3, 0.4) is 0 Å². The van der Waals surface area contributed by atoms with E-state index in [0.29, 0.717) is 0 Å². The summed E-state index contributed by atoms with van der Waals surface area (Å²) in [4.78, 5) is 13.5. The van der Waals surface area contributed by atoms with E-state index in [9.17, 15) is 4.79 Å². The molecular formula is C13H17NO. The molecule has 0 bridgehead atoms. The number of nitrogens with zero attached hydrogens (tertiary/aromatic N) is 1. The fourth-order valence-corrected chi connectivity index (χ4v) is 2.54. The Labute approximate surface area is 90.9 Å². The second-order valence-electron chi connectivity index (χ2n) is 4.98. The van der Waals surface area contributed by atoms with Gasteiger partial charge in [0, 0.05) is 18.2 Å². The van der Waals surface area contributed by atoms with Crippen molar-refractivity contribution in [3.05, 3.63) is 29.3 Å². The van der Waals surface area contributed by atoms with Gasteiger partial charge in [0.1, 0.15) is 0 Å². The van der Waals surface area contributed by atoms with Gasteiger partial charge in [0.25, 0.3) is 0 Å². The second kappa shape index (κ2) is 3.09. The maximum absolute atomic E-state index is 11.6. The fourth-order valence-electron chi connectivity index (χ4n) is 2.54. The molecule has 0 atom stereocenters. The lowest BCUT2D eigenvalue weighted by atomic mass is 9.99. The van der Waals surface area contributed by atoms with Crippen molar-refractivity contribution >= 4 is 11.6 Å². The number of carbonyl (C=O) groups is 1. The van der Waals surface area contributed by atoms with Crippen LogP contribution in [-0.2, 0) is 11.2 Å². The van der Waals surface area contributed by atoms with E-state index in [2.05, 4.69) is 39.0 Å². The smallest absolute Gasteiger partial charge is 0.224 e. The highest BCUT2D eigenvalue weighted by Gasteiger charge is 2.38. The number of amides is 1. The van der Waals surface area contributed by atoms with E-state index < -0.39 is 0 Å². The Bertz CT molecular complexity index is 421. The number of fused-ring (bicyclic) bond motifs is 1. The first kappa shape index (κ1) is 10.2. The van der Waals surface area contributed by atoms with Crippen LogP contribution >= 0.6 is 0 Å². The van der Waals surface area contributed by atoms with Crippen LogP contribution in [0, 0.1) is 6.92 Å². The summed E-state index contributed by atoms with van der Waals surface area (Å²) >= 11 is 0. The van der Waals surface area contributed by atoms with Crippen molar-refractivity contribution in [1.29, 1.82) is 0 Å². The Balaban J connectivity index is 2.54. The highest BCUT2D eigenvalue weighted by molar-refractivity contribution is 5.95. The van der Waals surface area contributed by atoms with E-state index in [1.807, 2.05) is 4.90 Å². The molecule has 0 fully saturated rings. The largest absolute Gasteiger partial charge is 0.307 e. The van der Waals surface area contributed by atoms with E-state index in [4.69, 9.17) is 0 Å². The van der Waals surface area contributed by atoms with Crippen molar-refractivity contribution in [2.24, 2.45) is 0 Å². The fraction of sp³-hybridized carbons (Fsp3) is 0.462. The van der Waals surface area contributed by atoms with E-state index in [0.717, 1.165) is 12.1 Å². The summed E-state index contributed by atoms with van der Waals surface area (Å²) < 4.78 is 0. The lowest BCUT2D eigenvalue weighted by Gasteiger charge is -2.31. The first-order valence-corrected chi connectivity index (χ1v) is 5.32. The normalized spacial score (nSPS) is 17.7. The molecule has 0 aliphatic carbocycles. The summed E-state index contributed by atoms with van der Waals surface area (Å²) in [5.74, 6) is 0.127. The van der Waals surface area contributed by atoms with Gasteiger partial charge in [-0.2, -0.15) is 0 Å². The predicted molar refractivity (Wildman–Crippen MR) is 62.1 cm³/mol. The molecule has 0 radical (unpaired) electrons. The van der Waals surface area contributed by atoms with Gasteiger partial charge in [0.15, 0.2) is 0 Å². The van der Waals surface area contributed by atoms with Crippen LogP contribution in [0.1, 0.15) is 31.9 Å². The van der Waals surface area contributed by atoms with Gasteiger partial charge in [-0.1, -0.05) is 17.7 Å². The first-order valence-electron chi connectivity index (χ1n) is 5.32. The third-order valence-electron chi connectivity index (χ3n) is 3.02. The zero-order chi connectivity index (χ0) is 11.2. The highest BCUT2D eigenvalue weighted by atomic mass is 16.2. The molecule has 0 spiro atoms. The van der Waals surface area contributed by atoms with Crippen molar-refractivity contribution in [3.8, 4) is 0 Å². The molecule has 0 saturated heterocycles. The monoisotopic (exact) mass is 203 g/mol. The minimum absolute atomic E-state index is 0.0814. The summed E-state index contributed by atoms with van der Waals surface area (Å²) in [6.45, 7) is 7.95. The number of benzene rings is 1. The Morgan fingerprint density at radius 2 is 2.07 bits per heavy atom. The molecule has 15 heavy (non-hydrogen) atoms. The number of hydrogen-bond acceptors (Lipinski definition) is 1. The molecule has 1 amide bonds. The standard InChI is InChI=1S/C13H17NO/c1-9-5-6-12-11(7-9)8-13(3,4)14(12)10(2)15/h5-7H,8H2,1-4H3. The van der Waals surface area contributed by atoms with E-state index >= 15 is 0 Å². The average molecular weight is 203 g/mol. The lowest BCUT2D eigenvalue weighted by molar-refractivity contribution is -0.117. The van der Waals surface area contributed by atoms with Crippen molar-refractivity contribution in [2.75, 3.05) is 4.90 Å². The highest BCUT2D eigenvalue weighted by Crippen LogP contribution is 2.38. The van der Waals surface area contributed by atoms with Crippen LogP contribution in [-0.4, -0.2) is 11.4 Å². The molecule has 1 aliphatic heterocycles. The Morgan fingerprint density at radius 1 is 1.40 bits per heavy atom. The van der Waals surface area contributed by atoms with Gasteiger partial charge < -0.3 is 4.90 Å². The van der Waals surface area contributed by atoms with Crippen LogP contribution < -0.4 is 4.90 Å². The minimum atomic E-state index is -0.0814. The SMILES string of the molecule is CC(=O)N1c2ccc(C)cc2CC1(C)C. The van der Waals surface area contributed by atoms with Crippen molar-refractivity contribution in [2.45, 2.75) is 39.7 Å². The Morgan fingerprint density at radius 3 is 2.67 bits per heavy atom. The summed E-state index contributed by atoms with van der Waals surface area (Å²) in [5, 5.41) is 0. The predicted octanol–water partition coefficient (Wildman–Crippen LogP) is 2.68. The number of aryl methyl sites for hydroxylation is 1. The topological polar surface area (TPSA) is 20.3 Å². The Hall–Kier alpha value is -1.31. The molecular weight excluding hydrogens is 186 g/mol. The molecule has 1 aromatic carbocycles. The van der Waals surface area contributed by atoms with Crippen molar-refractivity contribution in [3.63, 3.8) is 0 Å². The van der Waals surface area contributed by atoms with Crippen LogP contribution in [0.25, 0.3) is 0 Å². The van der Waals surface area contributed by atoms with Gasteiger partial charge in [0.05, 0.1) is 0 Å². The first-order chi connectivity index (χ1) is 6.92. The van der Waals surface area contributed by atoms with Gasteiger partial charge in [-0.05, 0) is 38.8 Å². The van der Waals surface area contributed by atoms with Gasteiger partial charge >= 0.3 is 0 Å². The molecule has 0 N–H and O–H groups in total. The molecule has 1 heterocycles. The van der Waals surface area contributed by atoms with E-state index in [1.54, 1.807) is 6.92 Å². The summed E-state index contributed by atoms with van der Waals surface area (Å²) in [5.41, 5.74) is 3.55. The van der Waals surface area contributed by atoms with Crippen LogP contribution in [0.5, 0.6) is 0 Å². The van der Waals surface area contributed by atoms with Gasteiger partial charge in [-0.15, -0.1) is 0 Å². The zero-order valence-corrected chi connectivity index (χ0v) is 9.79. The number of carbonyl (C=O) groups excluding carboxylic acids is 1. The quantitative estimate of drug-likeness (QED) is 0.635. The lowest BCUT2D eigenvalue weighted by Crippen LogP contribution is -2.44. The number of hydrogen-bond donors (Lipinski definition) is 0. The van der Waals surface area contributed by atoms with Crippen LogP contribution in [0.15, 0.2) is 18.2 Å². The molecule has 1 aromatic rings. The molecule has 0 aromatic heterocycles. The molecule has 0 saturated carbocycles. The third-order valence-corrected chi connectivity index (χ3v) is 3.02. The number of anilines is 1. The number of rotatable bonds is 0. The summed E-state index contributed by atoms with van der Waals surface area (Å²) in [6.07, 6.45) is 0.948.